The standard InChI is InChI=1S/C39H52N12O18P2S2/c1-39(2,3)73-72-18-23(49(4)38(55)62-15-20-7-9-21(10-8-20)46-48-42)36(53)68-30-24(65-34(29(30)52)51-19-43-28-22(40)14-44-47-33(28)51)17-64-71(59,60)69-31-25(16-63-70(56,57)58)66-35(32(31)67-27-6-5-13-61-27)50-12-11-26(41)45-37(50)54/h7-12,14,19,23-25,27,29-32,34-35,52H,5-6,13,15-18H2,1-4H3,(H2,40,47)(H,59,60)(H2,41,45,54)(H2,56,57,58)/t23-,24-,25-,27?,29-,30-,31-,32-,34-,35-/m1/s1. The lowest BCUT2D eigenvalue weighted by Crippen LogP contribution is -2.48. The maximum absolute atomic E-state index is 14.4. The van der Waals surface area contributed by atoms with Gasteiger partial charge in [-0.2, -0.15) is 10.1 Å². The minimum absolute atomic E-state index is 0.0299. The Balaban J connectivity index is 1.15. The number of aliphatic hydroxyl groups is 1. The number of anilines is 2. The third kappa shape index (κ3) is 14.5. The number of benzene rings is 1. The minimum Gasteiger partial charge on any atom is -0.455 e. The number of aromatic nitrogens is 6. The van der Waals surface area contributed by atoms with E-state index < -0.39 is 108 Å². The molecule has 11 atom stereocenters. The van der Waals surface area contributed by atoms with Gasteiger partial charge >= 0.3 is 33.4 Å². The number of azide groups is 1. The summed E-state index contributed by atoms with van der Waals surface area (Å²) in [6.07, 6.45) is -10.6. The second-order valence-corrected chi connectivity index (χ2v) is 23.2. The van der Waals surface area contributed by atoms with Crippen LogP contribution in [0.2, 0.25) is 0 Å². The summed E-state index contributed by atoms with van der Waals surface area (Å²) in [5.74, 6) is -1.29. The molecular formula is C39H52N12O18P2S2. The number of amides is 1. The normalized spacial score (nSPS) is 25.5. The fourth-order valence-electron chi connectivity index (χ4n) is 7.50. The zero-order chi connectivity index (χ0) is 52.8. The highest BCUT2D eigenvalue weighted by Gasteiger charge is 2.54. The van der Waals surface area contributed by atoms with Crippen molar-refractivity contribution >= 4 is 77.7 Å². The number of hydrogen-bond donors (Lipinski definition) is 6. The van der Waals surface area contributed by atoms with Crippen LogP contribution in [0.15, 0.2) is 59.0 Å². The van der Waals surface area contributed by atoms with E-state index in [2.05, 4.69) is 30.2 Å². The Morgan fingerprint density at radius 1 is 1.04 bits per heavy atom. The predicted octanol–water partition coefficient (Wildman–Crippen LogP) is 3.21. The summed E-state index contributed by atoms with van der Waals surface area (Å²) in [5, 5.41) is 23.4. The highest BCUT2D eigenvalue weighted by Crippen LogP contribution is 2.51. The van der Waals surface area contributed by atoms with E-state index in [4.69, 9.17) is 59.0 Å². The molecule has 3 fully saturated rings. The first-order valence-corrected chi connectivity index (χ1v) is 27.3. The van der Waals surface area contributed by atoms with Gasteiger partial charge < -0.3 is 59.7 Å². The molecule has 3 saturated heterocycles. The van der Waals surface area contributed by atoms with Gasteiger partial charge in [0, 0.05) is 47.4 Å². The topological polar surface area (TPSA) is 415 Å². The number of fused-ring (bicyclic) bond motifs is 1. The van der Waals surface area contributed by atoms with Crippen molar-refractivity contribution < 1.29 is 80.5 Å². The molecule has 1 amide bonds. The number of ether oxygens (including phenoxy) is 6. The number of nitrogens with zero attached hydrogens (tertiary/aromatic N) is 10. The van der Waals surface area contributed by atoms with Crippen LogP contribution in [0.5, 0.6) is 0 Å². The number of likely N-dealkylation sites (N-methyl/N-ethyl adjacent to an activating group) is 1. The summed E-state index contributed by atoms with van der Waals surface area (Å²) in [6.45, 7) is 3.89. The van der Waals surface area contributed by atoms with Crippen molar-refractivity contribution in [1.82, 2.24) is 34.2 Å². The molecular weight excluding hydrogens is 1050 g/mol. The van der Waals surface area contributed by atoms with Crippen LogP contribution in [0.1, 0.15) is 51.6 Å². The molecule has 0 saturated carbocycles. The predicted molar refractivity (Wildman–Crippen MR) is 256 cm³/mol. The van der Waals surface area contributed by atoms with Crippen LogP contribution >= 0.6 is 37.2 Å². The molecule has 6 heterocycles. The van der Waals surface area contributed by atoms with Crippen molar-refractivity contribution in [3.63, 3.8) is 0 Å². The summed E-state index contributed by atoms with van der Waals surface area (Å²) in [5.41, 5.74) is 20.7. The third-order valence-corrected chi connectivity index (χ3v) is 15.7. The van der Waals surface area contributed by atoms with E-state index >= 15 is 0 Å². The zero-order valence-corrected chi connectivity index (χ0v) is 42.6. The van der Waals surface area contributed by atoms with E-state index in [0.29, 0.717) is 24.1 Å². The molecule has 0 bridgehead atoms. The Labute approximate surface area is 422 Å². The van der Waals surface area contributed by atoms with Crippen molar-refractivity contribution in [1.29, 1.82) is 0 Å². The number of esters is 1. The smallest absolute Gasteiger partial charge is 0.455 e. The summed E-state index contributed by atoms with van der Waals surface area (Å²) < 4.78 is 79.1. The number of aliphatic hydroxyl groups excluding tert-OH is 1. The van der Waals surface area contributed by atoms with Crippen LogP contribution in [-0.4, -0.2) is 152 Å². The van der Waals surface area contributed by atoms with Crippen molar-refractivity contribution in [2.24, 2.45) is 5.11 Å². The van der Waals surface area contributed by atoms with Gasteiger partial charge in [0.15, 0.2) is 30.5 Å². The molecule has 1 aromatic carbocycles. The van der Waals surface area contributed by atoms with Crippen molar-refractivity contribution in [2.45, 2.75) is 106 Å². The molecule has 398 valence electrons. The molecule has 0 radical (unpaired) electrons. The van der Waals surface area contributed by atoms with Crippen molar-refractivity contribution in [3.05, 3.63) is 75.5 Å². The van der Waals surface area contributed by atoms with E-state index in [0.717, 1.165) is 9.47 Å². The average Bonchev–Trinajstić information content (AvgIpc) is 4.13. The Hall–Kier alpha value is -4.98. The number of nitrogen functional groups attached to an aromatic ring is 2. The average molecular weight is 1100 g/mol. The molecule has 8 N–H and O–H groups in total. The van der Waals surface area contributed by atoms with Crippen LogP contribution in [0, 0.1) is 0 Å². The molecule has 34 heteroatoms. The molecule has 2 unspecified atom stereocenters. The first kappa shape index (κ1) is 55.8. The number of phosphoric ester groups is 2. The number of carbonyl (C=O) groups excluding carboxylic acids is 2. The third-order valence-electron chi connectivity index (χ3n) is 10.9. The number of rotatable bonds is 21. The number of imidazole rings is 1. The maximum Gasteiger partial charge on any atom is 0.472 e. The molecule has 30 nitrogen and oxygen atoms in total. The Kier molecular flexibility index (Phi) is 18.1. The highest BCUT2D eigenvalue weighted by atomic mass is 33.1. The van der Waals surface area contributed by atoms with Gasteiger partial charge in [-0.25, -0.2) is 28.5 Å². The summed E-state index contributed by atoms with van der Waals surface area (Å²) in [4.78, 5) is 83.3. The number of phosphoric acid groups is 2. The van der Waals surface area contributed by atoms with Gasteiger partial charge in [0.1, 0.15) is 54.5 Å². The van der Waals surface area contributed by atoms with E-state index in [1.165, 1.54) is 70.1 Å². The first-order valence-electron chi connectivity index (χ1n) is 22.0. The Morgan fingerprint density at radius 3 is 2.42 bits per heavy atom. The van der Waals surface area contributed by atoms with Crippen LogP contribution in [-0.2, 0) is 62.5 Å². The fourth-order valence-corrected chi connectivity index (χ4v) is 11.4. The zero-order valence-electron chi connectivity index (χ0n) is 39.2. The van der Waals surface area contributed by atoms with Gasteiger partial charge in [0.05, 0.1) is 31.4 Å². The van der Waals surface area contributed by atoms with Gasteiger partial charge in [-0.15, -0.1) is 5.10 Å². The van der Waals surface area contributed by atoms with E-state index in [-0.39, 0.29) is 46.4 Å². The molecule has 0 spiro atoms. The highest BCUT2D eigenvalue weighted by molar-refractivity contribution is 8.77. The largest absolute Gasteiger partial charge is 0.472 e. The fraction of sp³-hybridized carbons (Fsp3) is 0.564. The maximum atomic E-state index is 14.4. The van der Waals surface area contributed by atoms with E-state index in [9.17, 15) is 43.3 Å². The molecule has 0 aliphatic carbocycles. The Bertz CT molecular complexity index is 2790. The van der Waals surface area contributed by atoms with Crippen LogP contribution in [0.3, 0.4) is 0 Å². The minimum atomic E-state index is -5.47. The monoisotopic (exact) mass is 1100 g/mol. The molecule has 3 aromatic heterocycles. The van der Waals surface area contributed by atoms with Crippen LogP contribution in [0.25, 0.3) is 21.6 Å². The second-order valence-electron chi connectivity index (χ2n) is 17.4. The molecule has 3 aliphatic rings. The lowest BCUT2D eigenvalue weighted by Gasteiger charge is -2.30. The summed E-state index contributed by atoms with van der Waals surface area (Å²) in [7, 11) is -6.73. The SMILES string of the molecule is CN(C(=O)OCc1ccc(N=[N+]=[N-])cc1)[C@H](CSSC(C)(C)C)C(=O)O[C@H]1[C@@H](O)[C@H](n2cnc3c(N)cnnc32)O[C@@H]1COP(=O)(O)O[C@H]1[C@@H](OC2CCCO2)[C@H](n2ccc(N)nc2=O)O[C@@H]1COP(=O)(O)O. The van der Waals surface area contributed by atoms with Gasteiger partial charge in [-0.3, -0.25) is 27.6 Å². The number of nitrogens with two attached hydrogens (primary N) is 2. The molecule has 3 aliphatic heterocycles. The first-order chi connectivity index (χ1) is 34.5. The van der Waals surface area contributed by atoms with Crippen LogP contribution < -0.4 is 17.2 Å². The molecule has 4 aromatic rings. The lowest BCUT2D eigenvalue weighted by atomic mass is 10.1. The lowest BCUT2D eigenvalue weighted by molar-refractivity contribution is -0.181. The van der Waals surface area contributed by atoms with Crippen molar-refractivity contribution in [2.75, 3.05) is 44.1 Å². The Morgan fingerprint density at radius 2 is 1.75 bits per heavy atom. The molecule has 73 heavy (non-hydrogen) atoms. The summed E-state index contributed by atoms with van der Waals surface area (Å²) >= 11 is 0. The number of carbonyl (C=O) groups is 2. The van der Waals surface area contributed by atoms with Gasteiger partial charge in [-0.1, -0.05) is 71.7 Å². The van der Waals surface area contributed by atoms with E-state index in [1.807, 2.05) is 20.8 Å². The van der Waals surface area contributed by atoms with Gasteiger partial charge in [0.2, 0.25) is 0 Å². The quantitative estimate of drug-likeness (QED) is 0.0174. The van der Waals surface area contributed by atoms with Gasteiger partial charge in [0.25, 0.3) is 0 Å². The van der Waals surface area contributed by atoms with Crippen molar-refractivity contribution in [3.8, 4) is 0 Å². The van der Waals surface area contributed by atoms with E-state index in [1.54, 1.807) is 12.1 Å². The number of hydrogen-bond acceptors (Lipinski definition) is 24. The second kappa shape index (κ2) is 23.7. The van der Waals surface area contributed by atoms with Crippen LogP contribution in [0.4, 0.5) is 22.0 Å². The van der Waals surface area contributed by atoms with Gasteiger partial charge in [-0.05, 0) is 23.6 Å². The molecule has 7 rings (SSSR count). The summed E-state index contributed by atoms with van der Waals surface area (Å²) in [6, 6.07) is 6.07.